The first-order valence-corrected chi connectivity index (χ1v) is 6.55. The fourth-order valence-corrected chi connectivity index (χ4v) is 1.80. The van der Waals surface area contributed by atoms with Crippen molar-refractivity contribution in [1.82, 2.24) is 19.5 Å². The van der Waals surface area contributed by atoms with Crippen molar-refractivity contribution >= 4 is 11.5 Å². The summed E-state index contributed by atoms with van der Waals surface area (Å²) in [6.45, 7) is 6.67. The Morgan fingerprint density at radius 3 is 2.80 bits per heavy atom. The predicted octanol–water partition coefficient (Wildman–Crippen LogP) is 1.54. The van der Waals surface area contributed by atoms with E-state index in [1.54, 1.807) is 12.5 Å². The van der Waals surface area contributed by atoms with E-state index in [4.69, 9.17) is 10.5 Å². The van der Waals surface area contributed by atoms with E-state index in [2.05, 4.69) is 20.3 Å². The Morgan fingerprint density at radius 1 is 1.35 bits per heavy atom. The van der Waals surface area contributed by atoms with Crippen LogP contribution in [-0.4, -0.2) is 31.7 Å². The molecular formula is C13H20N6O. The first-order chi connectivity index (χ1) is 9.56. The van der Waals surface area contributed by atoms with Crippen LogP contribution in [0.15, 0.2) is 25.0 Å². The number of hydrogen-bond acceptors (Lipinski definition) is 6. The van der Waals surface area contributed by atoms with Gasteiger partial charge in [0.05, 0.1) is 12.4 Å². The van der Waals surface area contributed by atoms with E-state index in [9.17, 15) is 0 Å². The fourth-order valence-electron chi connectivity index (χ4n) is 1.80. The van der Waals surface area contributed by atoms with E-state index in [0.717, 1.165) is 6.54 Å². The number of nitrogen functional groups attached to an aromatic ring is 1. The minimum Gasteiger partial charge on any atom is -0.473 e. The number of anilines is 2. The van der Waals surface area contributed by atoms with Crippen LogP contribution in [0.1, 0.15) is 20.8 Å². The van der Waals surface area contributed by atoms with Gasteiger partial charge >= 0.3 is 0 Å². The van der Waals surface area contributed by atoms with E-state index in [1.807, 2.05) is 31.5 Å². The number of aromatic nitrogens is 4. The van der Waals surface area contributed by atoms with Gasteiger partial charge in [-0.15, -0.1) is 0 Å². The van der Waals surface area contributed by atoms with Crippen LogP contribution in [0.2, 0.25) is 0 Å². The molecule has 0 aromatic carbocycles. The molecule has 2 heterocycles. The molecule has 0 radical (unpaired) electrons. The van der Waals surface area contributed by atoms with Gasteiger partial charge in [-0.25, -0.2) is 9.97 Å². The molecule has 0 aliphatic rings. The minimum absolute atomic E-state index is 0.0171. The van der Waals surface area contributed by atoms with Crippen molar-refractivity contribution in [2.24, 2.45) is 0 Å². The van der Waals surface area contributed by atoms with Crippen LogP contribution in [0.3, 0.4) is 0 Å². The van der Waals surface area contributed by atoms with Gasteiger partial charge in [0.2, 0.25) is 5.88 Å². The molecule has 7 nitrogen and oxygen atoms in total. The molecule has 1 atom stereocenters. The summed E-state index contributed by atoms with van der Waals surface area (Å²) in [5, 5.41) is 3.26. The third-order valence-corrected chi connectivity index (χ3v) is 2.62. The Balaban J connectivity index is 2.05. The summed E-state index contributed by atoms with van der Waals surface area (Å²) in [7, 11) is 0. The maximum Gasteiger partial charge on any atom is 0.242 e. The zero-order chi connectivity index (χ0) is 14.5. The third kappa shape index (κ3) is 3.59. The number of nitrogens with one attached hydrogen (secondary N) is 1. The first-order valence-electron chi connectivity index (χ1n) is 6.55. The van der Waals surface area contributed by atoms with E-state index < -0.39 is 0 Å². The number of imidazole rings is 1. The van der Waals surface area contributed by atoms with Crippen LogP contribution in [-0.2, 0) is 6.54 Å². The van der Waals surface area contributed by atoms with Crippen LogP contribution in [0.25, 0.3) is 0 Å². The molecule has 3 N–H and O–H groups in total. The smallest absolute Gasteiger partial charge is 0.242 e. The lowest BCUT2D eigenvalue weighted by Gasteiger charge is -2.18. The Bertz CT molecular complexity index is 540. The largest absolute Gasteiger partial charge is 0.473 e. The second kappa shape index (κ2) is 6.23. The summed E-state index contributed by atoms with van der Waals surface area (Å²) in [5.41, 5.74) is 6.45. The lowest BCUT2D eigenvalue weighted by molar-refractivity contribution is 0.234. The monoisotopic (exact) mass is 276 g/mol. The molecular weight excluding hydrogens is 256 g/mol. The molecule has 0 amide bonds. The average molecular weight is 276 g/mol. The topological polar surface area (TPSA) is 90.9 Å². The molecule has 7 heteroatoms. The quantitative estimate of drug-likeness (QED) is 0.831. The highest BCUT2D eigenvalue weighted by molar-refractivity contribution is 5.66. The van der Waals surface area contributed by atoms with Crippen LogP contribution >= 0.6 is 0 Å². The zero-order valence-electron chi connectivity index (χ0n) is 11.9. The van der Waals surface area contributed by atoms with Crippen molar-refractivity contribution in [2.45, 2.75) is 39.5 Å². The van der Waals surface area contributed by atoms with Crippen LogP contribution in [0, 0.1) is 0 Å². The van der Waals surface area contributed by atoms with Crippen LogP contribution < -0.4 is 15.8 Å². The lowest BCUT2D eigenvalue weighted by atomic mass is 10.3. The van der Waals surface area contributed by atoms with Gasteiger partial charge in [0.25, 0.3) is 0 Å². The first kappa shape index (κ1) is 14.1. The molecule has 2 aromatic heterocycles. The maximum atomic E-state index is 6.02. The number of nitrogens with two attached hydrogens (primary N) is 1. The number of rotatable bonds is 6. The standard InChI is InChI=1S/C13H20N6O/c1-9(2)20-13-11(14)12(16-7-17-13)18-10(3)6-19-5-4-15-8-19/h4-5,7-10H,6,14H2,1-3H3,(H,16,17,18). The molecule has 0 saturated heterocycles. The van der Waals surface area contributed by atoms with Crippen molar-refractivity contribution in [1.29, 1.82) is 0 Å². The molecule has 1 unspecified atom stereocenters. The van der Waals surface area contributed by atoms with Crippen LogP contribution in [0.4, 0.5) is 11.5 Å². The zero-order valence-corrected chi connectivity index (χ0v) is 11.9. The SMILES string of the molecule is CC(Cn1ccnc1)Nc1ncnc(OC(C)C)c1N. The number of nitrogens with zero attached hydrogens (tertiary/aromatic N) is 4. The lowest BCUT2D eigenvalue weighted by Crippen LogP contribution is -2.23. The van der Waals surface area contributed by atoms with E-state index >= 15 is 0 Å². The molecule has 2 rings (SSSR count). The minimum atomic E-state index is 0.0171. The highest BCUT2D eigenvalue weighted by Gasteiger charge is 2.12. The second-order valence-electron chi connectivity index (χ2n) is 4.91. The summed E-state index contributed by atoms with van der Waals surface area (Å²) in [4.78, 5) is 12.2. The van der Waals surface area contributed by atoms with E-state index in [0.29, 0.717) is 17.4 Å². The van der Waals surface area contributed by atoms with Gasteiger partial charge in [0, 0.05) is 25.0 Å². The van der Waals surface area contributed by atoms with Crippen LogP contribution in [0.5, 0.6) is 5.88 Å². The average Bonchev–Trinajstić information content (AvgIpc) is 2.86. The van der Waals surface area contributed by atoms with Gasteiger partial charge in [-0.2, -0.15) is 4.98 Å². The Hall–Kier alpha value is -2.31. The third-order valence-electron chi connectivity index (χ3n) is 2.62. The van der Waals surface area contributed by atoms with Crippen molar-refractivity contribution in [2.75, 3.05) is 11.1 Å². The van der Waals surface area contributed by atoms with Crippen molar-refractivity contribution in [3.8, 4) is 5.88 Å². The van der Waals surface area contributed by atoms with Gasteiger partial charge in [0.1, 0.15) is 12.0 Å². The molecule has 0 aliphatic carbocycles. The summed E-state index contributed by atoms with van der Waals surface area (Å²) in [6.07, 6.45) is 6.90. The van der Waals surface area contributed by atoms with Gasteiger partial charge in [0.15, 0.2) is 5.82 Å². The van der Waals surface area contributed by atoms with E-state index in [1.165, 1.54) is 6.33 Å². The van der Waals surface area contributed by atoms with Gasteiger partial charge in [-0.05, 0) is 20.8 Å². The number of ether oxygens (including phenoxy) is 1. The molecule has 0 aliphatic heterocycles. The Labute approximate surface area is 118 Å². The summed E-state index contributed by atoms with van der Waals surface area (Å²) in [5.74, 6) is 0.996. The van der Waals surface area contributed by atoms with Gasteiger partial charge in [-0.3, -0.25) is 0 Å². The highest BCUT2D eigenvalue weighted by Crippen LogP contribution is 2.25. The summed E-state index contributed by atoms with van der Waals surface area (Å²) >= 11 is 0. The number of hydrogen-bond donors (Lipinski definition) is 2. The maximum absolute atomic E-state index is 6.02. The molecule has 108 valence electrons. The second-order valence-corrected chi connectivity index (χ2v) is 4.91. The Kier molecular flexibility index (Phi) is 4.39. The van der Waals surface area contributed by atoms with Gasteiger partial charge < -0.3 is 20.4 Å². The molecule has 2 aromatic rings. The van der Waals surface area contributed by atoms with Crippen molar-refractivity contribution < 1.29 is 4.74 Å². The highest BCUT2D eigenvalue weighted by atomic mass is 16.5. The predicted molar refractivity (Wildman–Crippen MR) is 77.5 cm³/mol. The van der Waals surface area contributed by atoms with Crippen molar-refractivity contribution in [3.63, 3.8) is 0 Å². The molecule has 0 spiro atoms. The Morgan fingerprint density at radius 2 is 2.15 bits per heavy atom. The molecule has 20 heavy (non-hydrogen) atoms. The fraction of sp³-hybridized carbons (Fsp3) is 0.462. The van der Waals surface area contributed by atoms with Gasteiger partial charge in [-0.1, -0.05) is 0 Å². The normalized spacial score (nSPS) is 12.4. The van der Waals surface area contributed by atoms with E-state index in [-0.39, 0.29) is 12.1 Å². The summed E-state index contributed by atoms with van der Waals surface area (Å²) in [6, 6.07) is 0.147. The van der Waals surface area contributed by atoms with Crippen molar-refractivity contribution in [3.05, 3.63) is 25.0 Å². The summed E-state index contributed by atoms with van der Waals surface area (Å²) < 4.78 is 7.53. The molecule has 0 bridgehead atoms. The molecule has 0 fully saturated rings. The molecule has 0 saturated carbocycles.